The van der Waals surface area contributed by atoms with E-state index < -0.39 is 5.97 Å². The van der Waals surface area contributed by atoms with Crippen molar-refractivity contribution in [3.63, 3.8) is 0 Å². The van der Waals surface area contributed by atoms with Crippen molar-refractivity contribution in [1.29, 1.82) is 0 Å². The molecule has 114 valence electrons. The number of likely N-dealkylation sites (tertiary alicyclic amines) is 1. The molecular weight excluding hydrogens is 256 g/mol. The van der Waals surface area contributed by atoms with Gasteiger partial charge in [-0.1, -0.05) is 13.3 Å². The van der Waals surface area contributed by atoms with Crippen LogP contribution in [0.15, 0.2) is 0 Å². The van der Waals surface area contributed by atoms with Crippen molar-refractivity contribution >= 4 is 12.0 Å². The summed E-state index contributed by atoms with van der Waals surface area (Å²) in [4.78, 5) is 24.5. The van der Waals surface area contributed by atoms with Crippen LogP contribution in [0.5, 0.6) is 0 Å². The lowest BCUT2D eigenvalue weighted by molar-refractivity contribution is -0.137. The zero-order valence-corrected chi connectivity index (χ0v) is 12.3. The van der Waals surface area contributed by atoms with E-state index in [4.69, 9.17) is 5.11 Å². The molecule has 1 heterocycles. The summed E-state index contributed by atoms with van der Waals surface area (Å²) in [6, 6.07) is 0.0300. The minimum absolute atomic E-state index is 0.0300. The molecule has 1 aliphatic carbocycles. The first kappa shape index (κ1) is 15.1. The molecule has 0 radical (unpaired) electrons. The number of rotatable bonds is 5. The smallest absolute Gasteiger partial charge is 0.317 e. The molecule has 5 heteroatoms. The largest absolute Gasteiger partial charge is 0.481 e. The van der Waals surface area contributed by atoms with Crippen LogP contribution in [0.2, 0.25) is 0 Å². The molecule has 0 spiro atoms. The van der Waals surface area contributed by atoms with Crippen LogP contribution in [0, 0.1) is 17.8 Å². The molecule has 0 aromatic heterocycles. The Hall–Kier alpha value is -1.26. The Morgan fingerprint density at radius 2 is 2.05 bits per heavy atom. The van der Waals surface area contributed by atoms with Gasteiger partial charge in [-0.05, 0) is 43.4 Å². The predicted octanol–water partition coefficient (Wildman–Crippen LogP) is 2.32. The summed E-state index contributed by atoms with van der Waals surface area (Å²) >= 11 is 0. The Labute approximate surface area is 120 Å². The van der Waals surface area contributed by atoms with E-state index in [1.54, 1.807) is 0 Å². The Balaban J connectivity index is 1.65. The van der Waals surface area contributed by atoms with Crippen molar-refractivity contribution in [3.8, 4) is 0 Å². The highest BCUT2D eigenvalue weighted by Crippen LogP contribution is 2.29. The lowest BCUT2D eigenvalue weighted by atomic mass is 10.0. The summed E-state index contributed by atoms with van der Waals surface area (Å²) in [5.74, 6) is 1.04. The fourth-order valence-corrected chi connectivity index (χ4v) is 3.43. The number of hydrogen-bond donors (Lipinski definition) is 2. The SMILES string of the molecule is CC1CCC(CNC(=O)N2CCC(CCC(=O)O)C2)C1. The Bertz CT molecular complexity index is 359. The second kappa shape index (κ2) is 6.95. The molecule has 1 aliphatic heterocycles. The summed E-state index contributed by atoms with van der Waals surface area (Å²) in [7, 11) is 0. The van der Waals surface area contributed by atoms with E-state index in [1.165, 1.54) is 19.3 Å². The average Bonchev–Trinajstić information content (AvgIpc) is 3.02. The van der Waals surface area contributed by atoms with E-state index in [1.807, 2.05) is 4.90 Å². The topological polar surface area (TPSA) is 69.6 Å². The predicted molar refractivity (Wildman–Crippen MR) is 76.5 cm³/mol. The Morgan fingerprint density at radius 1 is 1.25 bits per heavy atom. The van der Waals surface area contributed by atoms with E-state index in [0.29, 0.717) is 24.8 Å². The maximum Gasteiger partial charge on any atom is 0.317 e. The zero-order chi connectivity index (χ0) is 14.5. The van der Waals surface area contributed by atoms with Gasteiger partial charge in [0.05, 0.1) is 0 Å². The summed E-state index contributed by atoms with van der Waals surface area (Å²) in [5.41, 5.74) is 0. The van der Waals surface area contributed by atoms with Gasteiger partial charge in [0.2, 0.25) is 0 Å². The molecule has 2 fully saturated rings. The summed E-state index contributed by atoms with van der Waals surface area (Å²) in [6.45, 7) is 4.53. The van der Waals surface area contributed by atoms with E-state index in [9.17, 15) is 9.59 Å². The normalized spacial score (nSPS) is 29.6. The molecule has 3 unspecified atom stereocenters. The van der Waals surface area contributed by atoms with Gasteiger partial charge in [-0.15, -0.1) is 0 Å². The maximum absolute atomic E-state index is 12.1. The molecule has 1 saturated carbocycles. The zero-order valence-electron chi connectivity index (χ0n) is 12.3. The van der Waals surface area contributed by atoms with Crippen molar-refractivity contribution in [2.45, 2.75) is 45.4 Å². The first-order valence-corrected chi connectivity index (χ1v) is 7.79. The van der Waals surface area contributed by atoms with Gasteiger partial charge in [-0.25, -0.2) is 4.79 Å². The van der Waals surface area contributed by atoms with Crippen LogP contribution in [0.3, 0.4) is 0 Å². The van der Waals surface area contributed by atoms with Crippen LogP contribution in [-0.4, -0.2) is 41.6 Å². The van der Waals surface area contributed by atoms with Crippen molar-refractivity contribution < 1.29 is 14.7 Å². The summed E-state index contributed by atoms with van der Waals surface area (Å²) in [6.07, 6.45) is 5.55. The minimum Gasteiger partial charge on any atom is -0.481 e. The third-order valence-electron chi connectivity index (χ3n) is 4.68. The highest BCUT2D eigenvalue weighted by molar-refractivity contribution is 5.74. The van der Waals surface area contributed by atoms with Crippen molar-refractivity contribution in [3.05, 3.63) is 0 Å². The number of urea groups is 1. The van der Waals surface area contributed by atoms with Gasteiger partial charge in [-0.3, -0.25) is 4.79 Å². The number of nitrogens with zero attached hydrogens (tertiary/aromatic N) is 1. The third kappa shape index (κ3) is 4.39. The second-order valence-electron chi connectivity index (χ2n) is 6.50. The number of carbonyl (C=O) groups is 2. The number of carboxylic acids is 1. The summed E-state index contributed by atoms with van der Waals surface area (Å²) < 4.78 is 0. The number of carbonyl (C=O) groups excluding carboxylic acids is 1. The molecule has 0 aromatic carbocycles. The molecule has 2 aliphatic rings. The lowest BCUT2D eigenvalue weighted by Gasteiger charge is -2.19. The van der Waals surface area contributed by atoms with Crippen molar-refractivity contribution in [2.75, 3.05) is 19.6 Å². The molecule has 20 heavy (non-hydrogen) atoms. The Kier molecular flexibility index (Phi) is 5.26. The van der Waals surface area contributed by atoms with Gasteiger partial charge in [0.25, 0.3) is 0 Å². The fraction of sp³-hybridized carbons (Fsp3) is 0.867. The second-order valence-corrected chi connectivity index (χ2v) is 6.50. The van der Waals surface area contributed by atoms with Crippen LogP contribution in [0.25, 0.3) is 0 Å². The van der Waals surface area contributed by atoms with Gasteiger partial charge in [0.15, 0.2) is 0 Å². The molecule has 3 atom stereocenters. The third-order valence-corrected chi connectivity index (χ3v) is 4.68. The van der Waals surface area contributed by atoms with Crippen LogP contribution >= 0.6 is 0 Å². The number of nitrogens with one attached hydrogen (secondary N) is 1. The van der Waals surface area contributed by atoms with Crippen molar-refractivity contribution in [1.82, 2.24) is 10.2 Å². The quantitative estimate of drug-likeness (QED) is 0.813. The number of hydrogen-bond acceptors (Lipinski definition) is 2. The highest BCUT2D eigenvalue weighted by atomic mass is 16.4. The Morgan fingerprint density at radius 3 is 2.70 bits per heavy atom. The fourth-order valence-electron chi connectivity index (χ4n) is 3.43. The maximum atomic E-state index is 12.1. The standard InChI is InChI=1S/C15H26N2O3/c1-11-2-3-13(8-11)9-16-15(20)17-7-6-12(10-17)4-5-14(18)19/h11-13H,2-10H2,1H3,(H,16,20)(H,18,19). The van der Waals surface area contributed by atoms with Crippen LogP contribution in [0.4, 0.5) is 4.79 Å². The molecule has 0 bridgehead atoms. The van der Waals surface area contributed by atoms with Crippen LogP contribution in [-0.2, 0) is 4.79 Å². The number of amides is 2. The number of carboxylic acid groups (broad SMARTS) is 1. The van der Waals surface area contributed by atoms with Crippen molar-refractivity contribution in [2.24, 2.45) is 17.8 Å². The first-order chi connectivity index (χ1) is 9.54. The molecule has 1 saturated heterocycles. The summed E-state index contributed by atoms with van der Waals surface area (Å²) in [5, 5.41) is 11.7. The molecule has 0 aromatic rings. The van der Waals surface area contributed by atoms with Crippen LogP contribution in [0.1, 0.15) is 45.4 Å². The lowest BCUT2D eigenvalue weighted by Crippen LogP contribution is -2.40. The van der Waals surface area contributed by atoms with E-state index in [0.717, 1.165) is 25.4 Å². The molecule has 2 N–H and O–H groups in total. The number of aliphatic carboxylic acids is 1. The van der Waals surface area contributed by atoms with Gasteiger partial charge < -0.3 is 15.3 Å². The van der Waals surface area contributed by atoms with Gasteiger partial charge in [-0.2, -0.15) is 0 Å². The molecular formula is C15H26N2O3. The monoisotopic (exact) mass is 282 g/mol. The van der Waals surface area contributed by atoms with Crippen LogP contribution < -0.4 is 5.32 Å². The highest BCUT2D eigenvalue weighted by Gasteiger charge is 2.27. The first-order valence-electron chi connectivity index (χ1n) is 7.79. The molecule has 2 amide bonds. The van der Waals surface area contributed by atoms with Gasteiger partial charge in [0.1, 0.15) is 0 Å². The molecule has 2 rings (SSSR count). The van der Waals surface area contributed by atoms with Gasteiger partial charge in [0, 0.05) is 26.1 Å². The van der Waals surface area contributed by atoms with E-state index >= 15 is 0 Å². The van der Waals surface area contributed by atoms with E-state index in [2.05, 4.69) is 12.2 Å². The van der Waals surface area contributed by atoms with E-state index in [-0.39, 0.29) is 12.5 Å². The average molecular weight is 282 g/mol. The van der Waals surface area contributed by atoms with Gasteiger partial charge >= 0.3 is 12.0 Å². The molecule has 5 nitrogen and oxygen atoms in total. The minimum atomic E-state index is -0.747.